The van der Waals surface area contributed by atoms with Gasteiger partial charge in [0.25, 0.3) is 5.91 Å². The van der Waals surface area contributed by atoms with Crippen LogP contribution in [0.2, 0.25) is 0 Å². The van der Waals surface area contributed by atoms with Gasteiger partial charge in [-0.3, -0.25) is 4.79 Å². The van der Waals surface area contributed by atoms with Crippen LogP contribution >= 0.6 is 11.8 Å². The Morgan fingerprint density at radius 2 is 1.92 bits per heavy atom. The van der Waals surface area contributed by atoms with E-state index in [1.165, 1.54) is 0 Å². The topological polar surface area (TPSA) is 59.8 Å². The van der Waals surface area contributed by atoms with E-state index in [9.17, 15) is 4.79 Å². The molecule has 5 nitrogen and oxygen atoms in total. The molecule has 1 heterocycles. The molecule has 3 aromatic rings. The van der Waals surface area contributed by atoms with Gasteiger partial charge in [-0.1, -0.05) is 62.0 Å². The molecule has 2 aromatic carbocycles. The van der Waals surface area contributed by atoms with Crippen LogP contribution in [0.4, 0.5) is 0 Å². The third-order valence-electron chi connectivity index (χ3n) is 4.14. The molecule has 0 fully saturated rings. The molecule has 6 heteroatoms. The predicted octanol–water partition coefficient (Wildman–Crippen LogP) is 3.69. The van der Waals surface area contributed by atoms with Gasteiger partial charge in [0.1, 0.15) is 5.82 Å². The average molecular weight is 369 g/mol. The van der Waals surface area contributed by atoms with Gasteiger partial charge in [-0.15, -0.1) is 10.2 Å². The second kappa shape index (κ2) is 8.36. The van der Waals surface area contributed by atoms with Crippen LogP contribution in [0.15, 0.2) is 47.6 Å². The molecule has 0 aliphatic carbocycles. The molecule has 26 heavy (non-hydrogen) atoms. The van der Waals surface area contributed by atoms with Crippen molar-refractivity contribution in [2.24, 2.45) is 13.0 Å². The van der Waals surface area contributed by atoms with Crippen molar-refractivity contribution in [1.29, 1.82) is 0 Å². The molecule has 3 rings (SSSR count). The maximum Gasteiger partial charge on any atom is 0.251 e. The summed E-state index contributed by atoms with van der Waals surface area (Å²) in [4.78, 5) is 12.6. The predicted molar refractivity (Wildman–Crippen MR) is 107 cm³/mol. The molecule has 1 aromatic heterocycles. The largest absolute Gasteiger partial charge is 0.352 e. The number of amides is 1. The Morgan fingerprint density at radius 3 is 2.73 bits per heavy atom. The number of benzene rings is 2. The minimum atomic E-state index is -0.0571. The normalized spacial score (nSPS) is 11.2. The first-order chi connectivity index (χ1) is 12.6. The van der Waals surface area contributed by atoms with Crippen LogP contribution < -0.4 is 5.32 Å². The molecule has 0 spiro atoms. The van der Waals surface area contributed by atoms with Gasteiger partial charge in [-0.25, -0.2) is 0 Å². The number of carbonyl (C=O) groups excluding carboxylic acids is 1. The molecule has 0 saturated carbocycles. The Bertz CT molecular complexity index is 898. The van der Waals surface area contributed by atoms with E-state index in [4.69, 9.17) is 0 Å². The Morgan fingerprint density at radius 1 is 1.15 bits per heavy atom. The number of carbonyl (C=O) groups is 1. The zero-order valence-corrected chi connectivity index (χ0v) is 16.2. The molecule has 0 bridgehead atoms. The summed E-state index contributed by atoms with van der Waals surface area (Å²) in [5.41, 5.74) is 0.703. The van der Waals surface area contributed by atoms with Gasteiger partial charge < -0.3 is 9.88 Å². The third-order valence-corrected chi connectivity index (χ3v) is 5.59. The molecular formula is C20H24N4OS. The first kappa shape index (κ1) is 18.5. The molecule has 0 atom stereocenters. The van der Waals surface area contributed by atoms with E-state index in [0.717, 1.165) is 27.5 Å². The van der Waals surface area contributed by atoms with Crippen molar-refractivity contribution in [3.63, 3.8) is 0 Å². The monoisotopic (exact) mass is 368 g/mol. The van der Waals surface area contributed by atoms with E-state index in [1.54, 1.807) is 11.8 Å². The summed E-state index contributed by atoms with van der Waals surface area (Å²) in [7, 11) is 1.98. The summed E-state index contributed by atoms with van der Waals surface area (Å²) < 4.78 is 2.01. The highest BCUT2D eigenvalue weighted by Gasteiger charge is 2.12. The van der Waals surface area contributed by atoms with Crippen LogP contribution in [0.25, 0.3) is 10.8 Å². The van der Waals surface area contributed by atoms with Gasteiger partial charge in [0.15, 0.2) is 5.16 Å². The molecule has 1 N–H and O–H groups in total. The average Bonchev–Trinajstić information content (AvgIpc) is 2.99. The highest BCUT2D eigenvalue weighted by Crippen LogP contribution is 2.19. The van der Waals surface area contributed by atoms with Crippen LogP contribution in [0.3, 0.4) is 0 Å². The summed E-state index contributed by atoms with van der Waals surface area (Å²) in [6, 6.07) is 13.7. The summed E-state index contributed by atoms with van der Waals surface area (Å²) in [6.07, 6.45) is 0.655. The number of thioether (sulfide) groups is 1. The fraction of sp³-hybridized carbons (Fsp3) is 0.350. The van der Waals surface area contributed by atoms with Gasteiger partial charge in [-0.05, 0) is 22.8 Å². The number of nitrogens with zero attached hydrogens (tertiary/aromatic N) is 3. The summed E-state index contributed by atoms with van der Waals surface area (Å²) in [5, 5.41) is 14.5. The number of nitrogens with one attached hydrogen (secondary N) is 1. The Hall–Kier alpha value is -2.34. The number of hydrogen-bond acceptors (Lipinski definition) is 4. The molecular weight excluding hydrogens is 344 g/mol. The van der Waals surface area contributed by atoms with E-state index in [-0.39, 0.29) is 5.91 Å². The second-order valence-electron chi connectivity index (χ2n) is 6.70. The molecule has 0 aliphatic rings. The highest BCUT2D eigenvalue weighted by molar-refractivity contribution is 7.99. The van der Waals surface area contributed by atoms with E-state index in [0.29, 0.717) is 24.4 Å². The van der Waals surface area contributed by atoms with Gasteiger partial charge in [0, 0.05) is 31.3 Å². The van der Waals surface area contributed by atoms with Crippen molar-refractivity contribution in [2.45, 2.75) is 25.4 Å². The Kier molecular flexibility index (Phi) is 5.93. The van der Waals surface area contributed by atoms with E-state index < -0.39 is 0 Å². The molecule has 0 saturated heterocycles. The maximum atomic E-state index is 12.6. The molecule has 1 amide bonds. The van der Waals surface area contributed by atoms with Crippen LogP contribution in [0.1, 0.15) is 30.0 Å². The lowest BCUT2D eigenvalue weighted by atomic mass is 10.0. The minimum Gasteiger partial charge on any atom is -0.352 e. The first-order valence-electron chi connectivity index (χ1n) is 8.83. The van der Waals surface area contributed by atoms with Crippen molar-refractivity contribution in [3.8, 4) is 0 Å². The van der Waals surface area contributed by atoms with Crippen molar-refractivity contribution >= 4 is 28.4 Å². The third kappa shape index (κ3) is 4.25. The highest BCUT2D eigenvalue weighted by atomic mass is 32.2. The van der Waals surface area contributed by atoms with E-state index in [1.807, 2.05) is 54.1 Å². The second-order valence-corrected chi connectivity index (χ2v) is 7.68. The van der Waals surface area contributed by atoms with Crippen LogP contribution in [0, 0.1) is 5.92 Å². The first-order valence-corrected chi connectivity index (χ1v) is 9.82. The lowest BCUT2D eigenvalue weighted by molar-refractivity contribution is 0.0955. The lowest BCUT2D eigenvalue weighted by Gasteiger charge is -2.08. The van der Waals surface area contributed by atoms with Crippen molar-refractivity contribution < 1.29 is 4.79 Å². The smallest absolute Gasteiger partial charge is 0.251 e. The fourth-order valence-corrected chi connectivity index (χ4v) is 3.62. The number of aromatic nitrogens is 3. The van der Waals surface area contributed by atoms with Gasteiger partial charge in [0.05, 0.1) is 0 Å². The fourth-order valence-electron chi connectivity index (χ4n) is 2.74. The van der Waals surface area contributed by atoms with Gasteiger partial charge >= 0.3 is 0 Å². The quantitative estimate of drug-likeness (QED) is 0.646. The number of fused-ring (bicyclic) bond motifs is 1. The van der Waals surface area contributed by atoms with Crippen LogP contribution in [0.5, 0.6) is 0 Å². The zero-order valence-electron chi connectivity index (χ0n) is 15.4. The molecule has 0 unspecified atom stereocenters. The van der Waals surface area contributed by atoms with Gasteiger partial charge in [0.2, 0.25) is 0 Å². The van der Waals surface area contributed by atoms with Crippen molar-refractivity contribution in [1.82, 2.24) is 20.1 Å². The maximum absolute atomic E-state index is 12.6. The summed E-state index contributed by atoms with van der Waals surface area (Å²) in [6.45, 7) is 4.91. The summed E-state index contributed by atoms with van der Waals surface area (Å²) in [5.74, 6) is 2.46. The Balaban J connectivity index is 1.60. The SMILES string of the molecule is CC(C)CSc1nnc(CCNC(=O)c2cccc3ccccc23)n1C. The Labute approximate surface area is 158 Å². The minimum absolute atomic E-state index is 0.0571. The molecule has 0 aliphatic heterocycles. The van der Waals surface area contributed by atoms with Crippen molar-refractivity contribution in [2.75, 3.05) is 12.3 Å². The van der Waals surface area contributed by atoms with E-state index in [2.05, 4.69) is 29.4 Å². The standard InChI is InChI=1S/C20H24N4OS/c1-14(2)13-26-20-23-22-18(24(20)3)11-12-21-19(25)17-10-6-8-15-7-4-5-9-16(15)17/h4-10,14H,11-13H2,1-3H3,(H,21,25). The zero-order chi connectivity index (χ0) is 18.5. The van der Waals surface area contributed by atoms with Gasteiger partial charge in [-0.2, -0.15) is 0 Å². The molecule has 0 radical (unpaired) electrons. The number of rotatable bonds is 7. The lowest BCUT2D eigenvalue weighted by Crippen LogP contribution is -2.26. The molecule has 136 valence electrons. The van der Waals surface area contributed by atoms with Crippen LogP contribution in [-0.2, 0) is 13.5 Å². The number of hydrogen-bond donors (Lipinski definition) is 1. The summed E-state index contributed by atoms with van der Waals surface area (Å²) >= 11 is 1.72. The van der Waals surface area contributed by atoms with Crippen molar-refractivity contribution in [3.05, 3.63) is 53.9 Å². The van der Waals surface area contributed by atoms with Crippen LogP contribution in [-0.4, -0.2) is 33.0 Å². The van der Waals surface area contributed by atoms with E-state index >= 15 is 0 Å².